The van der Waals surface area contributed by atoms with E-state index in [9.17, 15) is 9.59 Å². The summed E-state index contributed by atoms with van der Waals surface area (Å²) in [6.45, 7) is 20.6. The van der Waals surface area contributed by atoms with Crippen LogP contribution >= 0.6 is 0 Å². The molecule has 0 radical (unpaired) electrons. The first-order valence-electron chi connectivity index (χ1n) is 11.6. The van der Waals surface area contributed by atoms with Crippen LogP contribution in [0.1, 0.15) is 81.1 Å². The van der Waals surface area contributed by atoms with E-state index in [0.29, 0.717) is 0 Å². The molecule has 0 aliphatic rings. The van der Waals surface area contributed by atoms with Crippen molar-refractivity contribution in [1.82, 2.24) is 0 Å². The molecule has 0 aliphatic heterocycles. The molecule has 0 spiro atoms. The highest BCUT2D eigenvalue weighted by Gasteiger charge is 2.38. The average molecular weight is 467 g/mol. The van der Waals surface area contributed by atoms with Gasteiger partial charge in [-0.15, -0.1) is 0 Å². The summed E-state index contributed by atoms with van der Waals surface area (Å²) in [5.41, 5.74) is 3.67. The van der Waals surface area contributed by atoms with Crippen molar-refractivity contribution < 1.29 is 23.5 Å². The Bertz CT molecular complexity index is 691. The SMILES string of the molecule is CC(=O)OC(COC(=O)/C=C(\C)CC/C=C(\C)CCC=C(C)C)CO[Si](C)(C)C(C)(C)C. The van der Waals surface area contributed by atoms with Crippen LogP contribution in [0, 0.1) is 0 Å². The summed E-state index contributed by atoms with van der Waals surface area (Å²) in [5.74, 6) is -0.834. The number of allylic oxidation sites excluding steroid dienone is 5. The third-order valence-corrected chi connectivity index (χ3v) is 10.2. The zero-order valence-corrected chi connectivity index (χ0v) is 23.1. The number of rotatable bonds is 13. The maximum Gasteiger partial charge on any atom is 0.330 e. The average Bonchev–Trinajstić information content (AvgIpc) is 2.62. The molecule has 0 aromatic carbocycles. The Kier molecular flexibility index (Phi) is 13.7. The topological polar surface area (TPSA) is 61.8 Å². The van der Waals surface area contributed by atoms with Crippen molar-refractivity contribution in [2.45, 2.75) is 105 Å². The number of hydrogen-bond acceptors (Lipinski definition) is 5. The minimum atomic E-state index is -1.99. The molecule has 0 amide bonds. The van der Waals surface area contributed by atoms with Crippen LogP contribution in [-0.2, 0) is 23.5 Å². The number of esters is 2. The molecule has 6 heteroatoms. The van der Waals surface area contributed by atoms with E-state index in [1.165, 1.54) is 24.1 Å². The third kappa shape index (κ3) is 14.4. The van der Waals surface area contributed by atoms with Gasteiger partial charge in [0.15, 0.2) is 14.4 Å². The van der Waals surface area contributed by atoms with Crippen molar-refractivity contribution in [2.24, 2.45) is 0 Å². The summed E-state index contributed by atoms with van der Waals surface area (Å²) in [5, 5.41) is 0.0444. The second-order valence-corrected chi connectivity index (χ2v) is 15.1. The fraction of sp³-hybridized carbons (Fsp3) is 0.692. The number of carbonyl (C=O) groups excluding carboxylic acids is 2. The Balaban J connectivity index is 4.63. The highest BCUT2D eigenvalue weighted by atomic mass is 28.4. The summed E-state index contributed by atoms with van der Waals surface area (Å²) in [6.07, 6.45) is 9.22. The van der Waals surface area contributed by atoms with Crippen LogP contribution in [0.3, 0.4) is 0 Å². The predicted octanol–water partition coefficient (Wildman–Crippen LogP) is 6.90. The fourth-order valence-electron chi connectivity index (χ4n) is 2.60. The molecule has 0 rings (SSSR count). The van der Waals surface area contributed by atoms with Gasteiger partial charge in [0.1, 0.15) is 6.61 Å². The Morgan fingerprint density at radius 2 is 1.44 bits per heavy atom. The summed E-state index contributed by atoms with van der Waals surface area (Å²) in [4.78, 5) is 23.7. The van der Waals surface area contributed by atoms with Gasteiger partial charge in [-0.3, -0.25) is 4.79 Å². The molecule has 0 aliphatic carbocycles. The Morgan fingerprint density at radius 3 is 1.97 bits per heavy atom. The van der Waals surface area contributed by atoms with E-state index in [1.54, 1.807) is 0 Å². The Morgan fingerprint density at radius 1 is 0.875 bits per heavy atom. The van der Waals surface area contributed by atoms with Crippen LogP contribution in [0.4, 0.5) is 0 Å². The van der Waals surface area contributed by atoms with Crippen molar-refractivity contribution in [3.05, 3.63) is 34.9 Å². The third-order valence-electron chi connectivity index (χ3n) is 5.67. The van der Waals surface area contributed by atoms with Gasteiger partial charge in [-0.1, -0.05) is 49.6 Å². The minimum absolute atomic E-state index is 0.0137. The van der Waals surface area contributed by atoms with Crippen LogP contribution in [0.25, 0.3) is 0 Å². The normalized spacial score (nSPS) is 14.1. The highest BCUT2D eigenvalue weighted by Crippen LogP contribution is 2.36. The first-order chi connectivity index (χ1) is 14.6. The molecule has 1 atom stereocenters. The zero-order chi connectivity index (χ0) is 24.9. The largest absolute Gasteiger partial charge is 0.458 e. The van der Waals surface area contributed by atoms with Crippen molar-refractivity contribution in [3.63, 3.8) is 0 Å². The van der Waals surface area contributed by atoms with Crippen molar-refractivity contribution in [2.75, 3.05) is 13.2 Å². The van der Waals surface area contributed by atoms with Gasteiger partial charge >= 0.3 is 11.9 Å². The Labute approximate surface area is 197 Å². The van der Waals surface area contributed by atoms with Gasteiger partial charge < -0.3 is 13.9 Å². The van der Waals surface area contributed by atoms with Crippen LogP contribution < -0.4 is 0 Å². The summed E-state index contributed by atoms with van der Waals surface area (Å²) >= 11 is 0. The molecule has 0 fully saturated rings. The molecule has 0 aromatic rings. The maximum absolute atomic E-state index is 12.2. The van der Waals surface area contributed by atoms with Crippen LogP contribution in [0.15, 0.2) is 34.9 Å². The molecule has 0 saturated heterocycles. The monoisotopic (exact) mass is 466 g/mol. The molecule has 184 valence electrons. The smallest absolute Gasteiger partial charge is 0.330 e. The van der Waals surface area contributed by atoms with E-state index in [4.69, 9.17) is 13.9 Å². The van der Waals surface area contributed by atoms with Gasteiger partial charge in [-0.05, 0) is 71.5 Å². The fourth-order valence-corrected chi connectivity index (χ4v) is 3.63. The first kappa shape index (κ1) is 30.3. The van der Waals surface area contributed by atoms with Crippen LogP contribution in [0.2, 0.25) is 18.1 Å². The summed E-state index contributed by atoms with van der Waals surface area (Å²) < 4.78 is 16.8. The zero-order valence-electron chi connectivity index (χ0n) is 22.1. The first-order valence-corrected chi connectivity index (χ1v) is 14.5. The van der Waals surface area contributed by atoms with Crippen molar-refractivity contribution in [3.8, 4) is 0 Å². The summed E-state index contributed by atoms with van der Waals surface area (Å²) in [7, 11) is -1.99. The molecule has 0 bridgehead atoms. The predicted molar refractivity (Wildman–Crippen MR) is 135 cm³/mol. The van der Waals surface area contributed by atoms with Gasteiger partial charge in [0, 0.05) is 13.0 Å². The van der Waals surface area contributed by atoms with Gasteiger partial charge in [0.05, 0.1) is 6.61 Å². The van der Waals surface area contributed by atoms with E-state index in [1.807, 2.05) is 6.92 Å². The van der Waals surface area contributed by atoms with E-state index in [-0.39, 0.29) is 18.3 Å². The molecule has 1 unspecified atom stereocenters. The molecule has 0 heterocycles. The van der Waals surface area contributed by atoms with Gasteiger partial charge in [0.25, 0.3) is 0 Å². The number of hydrogen-bond donors (Lipinski definition) is 0. The second-order valence-electron chi connectivity index (χ2n) is 10.3. The maximum atomic E-state index is 12.2. The van der Waals surface area contributed by atoms with Gasteiger partial charge in [-0.2, -0.15) is 0 Å². The lowest BCUT2D eigenvalue weighted by molar-refractivity contribution is -0.157. The lowest BCUT2D eigenvalue weighted by Gasteiger charge is -2.37. The van der Waals surface area contributed by atoms with E-state index < -0.39 is 26.4 Å². The lowest BCUT2D eigenvalue weighted by atomic mass is 10.1. The molecule has 5 nitrogen and oxygen atoms in total. The van der Waals surface area contributed by atoms with Gasteiger partial charge in [0.2, 0.25) is 0 Å². The quantitative estimate of drug-likeness (QED) is 0.128. The minimum Gasteiger partial charge on any atom is -0.458 e. The molecular formula is C26H46O5Si. The van der Waals surface area contributed by atoms with Crippen LogP contribution in [-0.4, -0.2) is 39.6 Å². The van der Waals surface area contributed by atoms with E-state index >= 15 is 0 Å². The molecule has 32 heavy (non-hydrogen) atoms. The highest BCUT2D eigenvalue weighted by molar-refractivity contribution is 6.74. The molecule has 0 saturated carbocycles. The summed E-state index contributed by atoms with van der Waals surface area (Å²) in [6, 6.07) is 0. The molecule has 0 aromatic heterocycles. The molecule has 0 N–H and O–H groups in total. The van der Waals surface area contributed by atoms with Crippen molar-refractivity contribution >= 4 is 20.3 Å². The van der Waals surface area contributed by atoms with Crippen molar-refractivity contribution in [1.29, 1.82) is 0 Å². The van der Waals surface area contributed by atoms with Crippen LogP contribution in [0.5, 0.6) is 0 Å². The number of ether oxygens (including phenoxy) is 2. The number of carbonyl (C=O) groups is 2. The molecular weight excluding hydrogens is 420 g/mol. The lowest BCUT2D eigenvalue weighted by Crippen LogP contribution is -2.44. The Hall–Kier alpha value is -1.66. The second kappa shape index (κ2) is 14.5. The van der Waals surface area contributed by atoms with E-state index in [2.05, 4.69) is 66.8 Å². The standard InChI is InChI=1S/C26H46O5Si/c1-20(2)13-11-14-21(3)15-12-16-22(4)17-25(28)29-18-24(31-23(5)27)19-30-32(9,10)26(6,7)8/h13,15,17,24H,11-12,14,16,18-19H2,1-10H3/b21-15+,22-17+. The van der Waals surface area contributed by atoms with E-state index in [0.717, 1.165) is 31.3 Å². The van der Waals surface area contributed by atoms with Gasteiger partial charge in [-0.25, -0.2) is 4.79 Å².